The van der Waals surface area contributed by atoms with Gasteiger partial charge in [0.2, 0.25) is 16.9 Å². The Morgan fingerprint density at radius 1 is 0.840 bits per heavy atom. The number of aliphatic hydroxyl groups is 2. The first-order chi connectivity index (χ1) is 35.6. The second-order valence-electron chi connectivity index (χ2n) is 17.6. The van der Waals surface area contributed by atoms with Crippen molar-refractivity contribution in [3.8, 4) is 0 Å². The van der Waals surface area contributed by atoms with Crippen LogP contribution >= 0.6 is 35.2 Å². The highest BCUT2D eigenvalue weighted by Crippen LogP contribution is 2.56. The maximum absolute atomic E-state index is 12.7. The number of imidazole rings is 1. The van der Waals surface area contributed by atoms with Crippen molar-refractivity contribution in [3.05, 3.63) is 85.6 Å². The molecule has 28 heteroatoms. The van der Waals surface area contributed by atoms with E-state index in [1.807, 2.05) is 6.08 Å². The Bertz CT molecular complexity index is 2430. The molecule has 0 aliphatic carbocycles. The maximum atomic E-state index is 12.7. The van der Waals surface area contributed by atoms with Crippen molar-refractivity contribution in [2.24, 2.45) is 5.41 Å². The zero-order chi connectivity index (χ0) is 55.3. The number of unbranched alkanes of at least 4 members (excludes halogenated alkanes) is 6. The smallest absolute Gasteiger partial charge is 0.274 e. The van der Waals surface area contributed by atoms with Crippen molar-refractivity contribution in [1.82, 2.24) is 30.2 Å². The Kier molecular flexibility index (Phi) is 29.6. The van der Waals surface area contributed by atoms with Crippen molar-refractivity contribution < 1.29 is 80.5 Å². The number of allylic oxidation sites excluding steroid dienone is 11. The minimum absolute atomic E-state index is 0.0218. The van der Waals surface area contributed by atoms with E-state index >= 15 is 0 Å². The number of nitrogens with zero attached hydrogens (tertiary/aromatic N) is 4. The third-order valence-electron chi connectivity index (χ3n) is 10.9. The maximum Gasteiger partial charge on any atom is 0.274 e. The molecule has 2 amide bonds. The number of carbonyl (C=O) groups excluding carboxylic acids is 3. The lowest BCUT2D eigenvalue weighted by atomic mass is 9.87. The summed E-state index contributed by atoms with van der Waals surface area (Å²) in [4.78, 5) is 97.0. The fourth-order valence-electron chi connectivity index (χ4n) is 6.91. The van der Waals surface area contributed by atoms with E-state index in [1.54, 1.807) is 0 Å². The van der Waals surface area contributed by atoms with Crippen molar-refractivity contribution in [2.75, 3.05) is 37.8 Å². The summed E-state index contributed by atoms with van der Waals surface area (Å²) in [6.07, 6.45) is 30.0. The fourth-order valence-corrected chi connectivity index (χ4v) is 10.2. The summed E-state index contributed by atoms with van der Waals surface area (Å²) in [5, 5.41) is 26.3. The molecule has 0 aromatic carbocycles. The summed E-state index contributed by atoms with van der Waals surface area (Å²) in [5.41, 5.74) is 4.08. The van der Waals surface area contributed by atoms with E-state index in [0.29, 0.717) is 5.75 Å². The van der Waals surface area contributed by atoms with Crippen molar-refractivity contribution in [3.63, 3.8) is 0 Å². The van der Waals surface area contributed by atoms with Crippen LogP contribution in [0.4, 0.5) is 5.82 Å². The number of fused-ring (bicyclic) bond motifs is 1. The summed E-state index contributed by atoms with van der Waals surface area (Å²) >= 11 is 1.05. The van der Waals surface area contributed by atoms with Crippen molar-refractivity contribution >= 4 is 69.1 Å². The topological polar surface area (TPSA) is 375 Å². The van der Waals surface area contributed by atoms with E-state index in [-0.39, 0.29) is 41.6 Å². The molecule has 7 atom stereocenters. The number of phosphoric acid groups is 3. The summed E-state index contributed by atoms with van der Waals surface area (Å²) in [7, 11) is -17.6. The summed E-state index contributed by atoms with van der Waals surface area (Å²) in [6, 6.07) is 0. The molecule has 3 rings (SSSR count). The molecule has 3 heterocycles. The number of ether oxygens (including phenoxy) is 1. The number of phosphoric ester groups is 3. The summed E-state index contributed by atoms with van der Waals surface area (Å²) < 4.78 is 60.9. The lowest BCUT2D eigenvalue weighted by Gasteiger charge is -2.36. The number of nitrogen functional groups attached to an aromatic ring is 1. The first-order valence-corrected chi connectivity index (χ1v) is 29.8. The van der Waals surface area contributed by atoms with Gasteiger partial charge in [0.1, 0.15) is 36.3 Å². The molecule has 0 radical (unpaired) electrons. The number of nitrogens with two attached hydrogens (primary N) is 1. The summed E-state index contributed by atoms with van der Waals surface area (Å²) in [5.74, 6) is -1.23. The number of rotatable bonds is 37. The molecule has 2 unspecified atom stereocenters. The molecule has 1 fully saturated rings. The van der Waals surface area contributed by atoms with E-state index in [2.05, 4.69) is 111 Å². The largest absolute Gasteiger partial charge is 0.790 e. The predicted octanol–water partition coefficient (Wildman–Crippen LogP) is 4.18. The van der Waals surface area contributed by atoms with Gasteiger partial charge in [0.25, 0.3) is 15.6 Å². The van der Waals surface area contributed by atoms with Gasteiger partial charge in [-0.05, 0) is 63.9 Å². The molecule has 24 nitrogen and oxygen atoms in total. The molecule has 6 N–H and O–H groups in total. The van der Waals surface area contributed by atoms with Gasteiger partial charge in [-0.1, -0.05) is 119 Å². The van der Waals surface area contributed by atoms with Gasteiger partial charge in [0, 0.05) is 30.7 Å². The molecule has 0 saturated carbocycles. The van der Waals surface area contributed by atoms with Crippen LogP contribution in [0.3, 0.4) is 0 Å². The highest BCUT2D eigenvalue weighted by molar-refractivity contribution is 8.14. The molecule has 1 aliphatic rings. The standard InChI is InChI=1S/C47H74N7O17P3S/c1-4-5-6-7-8-9-10-11-12-13-14-15-16-17-18-19-20-21-22-23-24-25-26-27-38(56)75-31-30-49-37(55)28-29-50-45(59)42(58)47(2,3)33-68-74(65,66)71-73(63,64)67-32-36-41(70-72(60,61)62)40(57)46(69-36)54-35-53-39-43(48)51-34-52-44(39)54/h5-6,8-9,11-12,14-15,17-18,26-27,34-36,40-42,46,57-58H,4,7,10,13,16,19-25,28-33H2,1-3H3,(H,49,55)(H,50,59)(H,63,64)(H,65,66)(H2,48,51,52)(H2,60,61,62)/p-4/b6-5-,9-8-,12-11-,15-14-,18-17-,27-26+/t36-,40-,41-,42+,46-/m1/s1. The number of hydrogen-bond acceptors (Lipinski definition) is 22. The SMILES string of the molecule is CC/C=C\C/C=C\C/C=C\C/C=C\C/C=C\CCCCCCC/C=C/C(=O)SCCNC(=O)CCNC(=O)[C@H](O)C(C)(C)COP(=O)([O-])OP(=O)([O-])OC[C@H]1O[C@@H](n2cnc3c(N)ncnc32)[C@H](O)[C@@H]1OP(=O)([O-])[O-]. The Hall–Kier alpha value is -4.00. The quantitative estimate of drug-likeness (QED) is 0.0274. The van der Waals surface area contributed by atoms with E-state index < -0.39 is 84.6 Å². The molecule has 2 aromatic heterocycles. The number of thioether (sulfide) groups is 1. The monoisotopic (exact) mass is 1130 g/mol. The van der Waals surface area contributed by atoms with Gasteiger partial charge in [-0.2, -0.15) is 0 Å². The van der Waals surface area contributed by atoms with Gasteiger partial charge < -0.3 is 69.0 Å². The van der Waals surface area contributed by atoms with Crippen LogP contribution in [0.1, 0.15) is 110 Å². The molecule has 1 aliphatic heterocycles. The Labute approximate surface area is 441 Å². The molecule has 2 aromatic rings. The third kappa shape index (κ3) is 26.3. The van der Waals surface area contributed by atoms with Crippen molar-refractivity contribution in [1.29, 1.82) is 0 Å². The molecular weight excluding hydrogens is 1060 g/mol. The van der Waals surface area contributed by atoms with Crippen LogP contribution in [0.5, 0.6) is 0 Å². The van der Waals surface area contributed by atoms with Crippen LogP contribution in [0.25, 0.3) is 11.2 Å². The number of hydrogen-bond donors (Lipinski definition) is 5. The number of anilines is 1. The van der Waals surface area contributed by atoms with Gasteiger partial charge in [-0.15, -0.1) is 0 Å². The lowest BCUT2D eigenvalue weighted by molar-refractivity contribution is -0.347. The highest BCUT2D eigenvalue weighted by Gasteiger charge is 2.47. The number of amides is 2. The number of aromatic nitrogens is 4. The lowest BCUT2D eigenvalue weighted by Crippen LogP contribution is -2.46. The first kappa shape index (κ1) is 65.3. The number of nitrogens with one attached hydrogen (secondary N) is 2. The molecular formula is C47H70N7O17P3S-4. The minimum atomic E-state index is -5.93. The minimum Gasteiger partial charge on any atom is -0.790 e. The third-order valence-corrected chi connectivity index (χ3v) is 14.7. The zero-order valence-corrected chi connectivity index (χ0v) is 45.8. The van der Waals surface area contributed by atoms with Crippen LogP contribution in [0, 0.1) is 5.41 Å². The van der Waals surface area contributed by atoms with E-state index in [0.717, 1.165) is 106 Å². The van der Waals surface area contributed by atoms with E-state index in [1.165, 1.54) is 19.9 Å². The zero-order valence-electron chi connectivity index (χ0n) is 42.3. The second-order valence-corrected chi connectivity index (χ2v) is 22.8. The molecule has 0 spiro atoms. The molecule has 420 valence electrons. The van der Waals surface area contributed by atoms with Crippen LogP contribution in [-0.2, 0) is 50.7 Å². The Morgan fingerprint density at radius 2 is 1.43 bits per heavy atom. The first-order valence-electron chi connectivity index (χ1n) is 24.5. The van der Waals surface area contributed by atoms with E-state index in [4.69, 9.17) is 10.5 Å². The van der Waals surface area contributed by atoms with Gasteiger partial charge in [0.15, 0.2) is 17.7 Å². The normalized spacial score (nSPS) is 19.9. The van der Waals surface area contributed by atoms with Crippen LogP contribution in [0.2, 0.25) is 0 Å². The predicted molar refractivity (Wildman–Crippen MR) is 274 cm³/mol. The fraction of sp³-hybridized carbons (Fsp3) is 0.574. The summed E-state index contributed by atoms with van der Waals surface area (Å²) in [6.45, 7) is 2.22. The highest BCUT2D eigenvalue weighted by atomic mass is 32.2. The molecule has 75 heavy (non-hydrogen) atoms. The van der Waals surface area contributed by atoms with Gasteiger partial charge in [0.05, 0.1) is 27.4 Å². The van der Waals surface area contributed by atoms with E-state index in [9.17, 15) is 57.9 Å². The van der Waals surface area contributed by atoms with Crippen LogP contribution < -0.4 is 35.9 Å². The average molecular weight is 1130 g/mol. The number of aliphatic hydroxyl groups excluding tert-OH is 2. The Morgan fingerprint density at radius 3 is 2.05 bits per heavy atom. The Balaban J connectivity index is 1.24. The number of carbonyl (C=O) groups is 3. The van der Waals surface area contributed by atoms with Crippen LogP contribution in [0.15, 0.2) is 85.6 Å². The second kappa shape index (κ2) is 34.0. The van der Waals surface area contributed by atoms with Gasteiger partial charge >= 0.3 is 0 Å². The van der Waals surface area contributed by atoms with Gasteiger partial charge in [-0.25, -0.2) is 19.3 Å². The average Bonchev–Trinajstić information content (AvgIpc) is 3.91. The van der Waals surface area contributed by atoms with Crippen molar-refractivity contribution in [2.45, 2.75) is 135 Å². The molecule has 1 saturated heterocycles. The molecule has 0 bridgehead atoms. The van der Waals surface area contributed by atoms with Gasteiger partial charge in [-0.3, -0.25) is 28.1 Å². The van der Waals surface area contributed by atoms with Crippen LogP contribution in [-0.4, -0.2) is 103 Å².